The van der Waals surface area contributed by atoms with Crippen molar-refractivity contribution in [3.63, 3.8) is 0 Å². The molecular formula is C11H10N4O2. The van der Waals surface area contributed by atoms with Crippen LogP contribution in [0.5, 0.6) is 0 Å². The lowest BCUT2D eigenvalue weighted by molar-refractivity contribution is 0.0690. The van der Waals surface area contributed by atoms with Gasteiger partial charge in [0.05, 0.1) is 5.69 Å². The number of hydrogen-bond acceptors (Lipinski definition) is 5. The Morgan fingerprint density at radius 3 is 2.76 bits per heavy atom. The molecule has 0 aliphatic heterocycles. The van der Waals surface area contributed by atoms with E-state index in [9.17, 15) is 4.79 Å². The highest BCUT2D eigenvalue weighted by atomic mass is 16.4. The van der Waals surface area contributed by atoms with E-state index in [1.807, 2.05) is 0 Å². The summed E-state index contributed by atoms with van der Waals surface area (Å²) in [6, 6.07) is 4.71. The Balaban J connectivity index is 2.52. The number of nitrogens with zero attached hydrogens (tertiary/aromatic N) is 3. The summed E-state index contributed by atoms with van der Waals surface area (Å²) in [7, 11) is 0. The summed E-state index contributed by atoms with van der Waals surface area (Å²) in [5.41, 5.74) is 6.81. The topological polar surface area (TPSA) is 102 Å². The number of aryl methyl sites for hydroxylation is 1. The van der Waals surface area contributed by atoms with Crippen LogP contribution in [0, 0.1) is 6.92 Å². The number of anilines is 1. The molecule has 0 aliphatic carbocycles. The van der Waals surface area contributed by atoms with Gasteiger partial charge >= 0.3 is 5.97 Å². The Hall–Kier alpha value is -2.50. The molecule has 2 heterocycles. The summed E-state index contributed by atoms with van der Waals surface area (Å²) in [4.78, 5) is 22.7. The van der Waals surface area contributed by atoms with Crippen LogP contribution in [0.25, 0.3) is 11.3 Å². The van der Waals surface area contributed by atoms with Gasteiger partial charge < -0.3 is 10.8 Å². The van der Waals surface area contributed by atoms with Gasteiger partial charge in [-0.1, -0.05) is 0 Å². The number of carboxylic acids is 1. The third-order valence-corrected chi connectivity index (χ3v) is 2.13. The molecule has 6 nitrogen and oxygen atoms in total. The maximum Gasteiger partial charge on any atom is 0.354 e. The molecule has 0 aromatic carbocycles. The first-order valence-electron chi connectivity index (χ1n) is 4.87. The van der Waals surface area contributed by atoms with Crippen molar-refractivity contribution < 1.29 is 9.90 Å². The standard InChI is InChI=1S/C11H10N4O2/c1-6-14-8(5-10(12)15-6)7-2-3-13-9(4-7)11(16)17/h2-5H,1H3,(H,16,17)(H2,12,14,15). The van der Waals surface area contributed by atoms with Gasteiger partial charge in [-0.3, -0.25) is 0 Å². The fourth-order valence-electron chi connectivity index (χ4n) is 1.45. The van der Waals surface area contributed by atoms with Crippen molar-refractivity contribution in [3.8, 4) is 11.3 Å². The molecule has 0 spiro atoms. The molecule has 3 N–H and O–H groups in total. The Morgan fingerprint density at radius 1 is 1.35 bits per heavy atom. The second-order valence-electron chi connectivity index (χ2n) is 3.46. The first kappa shape index (κ1) is 11.0. The maximum atomic E-state index is 10.8. The lowest BCUT2D eigenvalue weighted by Crippen LogP contribution is -2.01. The normalized spacial score (nSPS) is 10.2. The minimum Gasteiger partial charge on any atom is -0.477 e. The van der Waals surface area contributed by atoms with Gasteiger partial charge in [-0.15, -0.1) is 0 Å². The van der Waals surface area contributed by atoms with Crippen molar-refractivity contribution in [2.45, 2.75) is 6.92 Å². The molecule has 0 radical (unpaired) electrons. The number of hydrogen-bond donors (Lipinski definition) is 2. The second-order valence-corrected chi connectivity index (χ2v) is 3.46. The largest absolute Gasteiger partial charge is 0.477 e. The van der Waals surface area contributed by atoms with Gasteiger partial charge in [0.25, 0.3) is 0 Å². The van der Waals surface area contributed by atoms with E-state index in [4.69, 9.17) is 10.8 Å². The molecule has 0 fully saturated rings. The minimum absolute atomic E-state index is 0.0302. The summed E-state index contributed by atoms with van der Waals surface area (Å²) in [6.45, 7) is 1.72. The molecule has 0 aliphatic rings. The number of pyridine rings is 1. The first-order valence-corrected chi connectivity index (χ1v) is 4.87. The summed E-state index contributed by atoms with van der Waals surface area (Å²) in [5, 5.41) is 8.85. The monoisotopic (exact) mass is 230 g/mol. The Labute approximate surface area is 97.2 Å². The average Bonchev–Trinajstić information content (AvgIpc) is 2.28. The summed E-state index contributed by atoms with van der Waals surface area (Å²) >= 11 is 0. The van der Waals surface area contributed by atoms with Gasteiger partial charge in [-0.2, -0.15) is 0 Å². The molecule has 2 rings (SSSR count). The summed E-state index contributed by atoms with van der Waals surface area (Å²) in [6.07, 6.45) is 1.42. The zero-order chi connectivity index (χ0) is 12.4. The fraction of sp³-hybridized carbons (Fsp3) is 0.0909. The van der Waals surface area contributed by atoms with Crippen LogP contribution in [0.4, 0.5) is 5.82 Å². The number of carbonyl (C=O) groups is 1. The molecule has 0 saturated heterocycles. The molecule has 6 heteroatoms. The summed E-state index contributed by atoms with van der Waals surface area (Å²) in [5.74, 6) is -0.194. The van der Waals surface area contributed by atoms with E-state index < -0.39 is 5.97 Å². The highest BCUT2D eigenvalue weighted by Crippen LogP contribution is 2.18. The fourth-order valence-corrected chi connectivity index (χ4v) is 1.45. The van der Waals surface area contributed by atoms with E-state index >= 15 is 0 Å². The van der Waals surface area contributed by atoms with Gasteiger partial charge in [0.1, 0.15) is 17.3 Å². The molecule has 86 valence electrons. The van der Waals surface area contributed by atoms with Crippen molar-refractivity contribution >= 4 is 11.8 Å². The molecule has 17 heavy (non-hydrogen) atoms. The van der Waals surface area contributed by atoms with E-state index in [2.05, 4.69) is 15.0 Å². The van der Waals surface area contributed by atoms with Gasteiger partial charge in [0.15, 0.2) is 0 Å². The van der Waals surface area contributed by atoms with Gasteiger partial charge in [0, 0.05) is 17.8 Å². The molecule has 0 amide bonds. The number of nitrogen functional groups attached to an aromatic ring is 1. The van der Waals surface area contributed by atoms with Crippen LogP contribution < -0.4 is 5.73 Å². The summed E-state index contributed by atoms with van der Waals surface area (Å²) < 4.78 is 0. The molecule has 0 atom stereocenters. The van der Waals surface area contributed by atoms with E-state index in [0.29, 0.717) is 22.9 Å². The molecule has 0 saturated carbocycles. The predicted octanol–water partition coefficient (Wildman–Crippen LogP) is 1.13. The van der Waals surface area contributed by atoms with Gasteiger partial charge in [-0.25, -0.2) is 19.7 Å². The molecule has 2 aromatic rings. The van der Waals surface area contributed by atoms with Gasteiger partial charge in [-0.05, 0) is 19.1 Å². The van der Waals surface area contributed by atoms with E-state index in [0.717, 1.165) is 0 Å². The third-order valence-electron chi connectivity index (χ3n) is 2.13. The first-order chi connectivity index (χ1) is 8.06. The van der Waals surface area contributed by atoms with Gasteiger partial charge in [0.2, 0.25) is 0 Å². The Kier molecular flexibility index (Phi) is 2.70. The quantitative estimate of drug-likeness (QED) is 0.801. The van der Waals surface area contributed by atoms with Crippen LogP contribution in [-0.2, 0) is 0 Å². The zero-order valence-electron chi connectivity index (χ0n) is 9.08. The number of aromatic carboxylic acids is 1. The van der Waals surface area contributed by atoms with E-state index in [1.165, 1.54) is 12.3 Å². The predicted molar refractivity (Wildman–Crippen MR) is 61.4 cm³/mol. The number of rotatable bonds is 2. The maximum absolute atomic E-state index is 10.8. The van der Waals surface area contributed by atoms with E-state index in [1.54, 1.807) is 19.1 Å². The average molecular weight is 230 g/mol. The third kappa shape index (κ3) is 2.36. The molecule has 2 aromatic heterocycles. The van der Waals surface area contributed by atoms with Crippen LogP contribution in [0.3, 0.4) is 0 Å². The smallest absolute Gasteiger partial charge is 0.354 e. The van der Waals surface area contributed by atoms with Crippen LogP contribution in [-0.4, -0.2) is 26.0 Å². The highest BCUT2D eigenvalue weighted by molar-refractivity contribution is 5.86. The number of aromatic nitrogens is 3. The van der Waals surface area contributed by atoms with Crippen LogP contribution >= 0.6 is 0 Å². The minimum atomic E-state index is -1.08. The van der Waals surface area contributed by atoms with E-state index in [-0.39, 0.29) is 5.69 Å². The highest BCUT2D eigenvalue weighted by Gasteiger charge is 2.08. The lowest BCUT2D eigenvalue weighted by atomic mass is 10.1. The number of carboxylic acid groups (broad SMARTS) is 1. The number of nitrogens with two attached hydrogens (primary N) is 1. The zero-order valence-corrected chi connectivity index (χ0v) is 9.08. The SMILES string of the molecule is Cc1nc(N)cc(-c2ccnc(C(=O)O)c2)n1. The van der Waals surface area contributed by atoms with Crippen molar-refractivity contribution in [3.05, 3.63) is 35.9 Å². The van der Waals surface area contributed by atoms with Crippen LogP contribution in [0.2, 0.25) is 0 Å². The van der Waals surface area contributed by atoms with Crippen LogP contribution in [0.15, 0.2) is 24.4 Å². The molecule has 0 unspecified atom stereocenters. The Bertz CT molecular complexity index is 563. The van der Waals surface area contributed by atoms with Crippen LogP contribution in [0.1, 0.15) is 16.3 Å². The van der Waals surface area contributed by atoms with Crippen molar-refractivity contribution in [2.24, 2.45) is 0 Å². The van der Waals surface area contributed by atoms with Crippen molar-refractivity contribution in [2.75, 3.05) is 5.73 Å². The van der Waals surface area contributed by atoms with Crippen molar-refractivity contribution in [1.82, 2.24) is 15.0 Å². The molecule has 0 bridgehead atoms. The molecular weight excluding hydrogens is 220 g/mol. The Morgan fingerprint density at radius 2 is 2.12 bits per heavy atom. The lowest BCUT2D eigenvalue weighted by Gasteiger charge is -2.03. The second kappa shape index (κ2) is 4.17. The van der Waals surface area contributed by atoms with Crippen molar-refractivity contribution in [1.29, 1.82) is 0 Å².